The number of anilines is 3. The molecule has 1 fully saturated rings. The number of rotatable bonds is 0. The van der Waals surface area contributed by atoms with E-state index in [1.807, 2.05) is 36.4 Å². The van der Waals surface area contributed by atoms with Gasteiger partial charge in [-0.1, -0.05) is 12.1 Å². The maximum absolute atomic E-state index is 14.3. The van der Waals surface area contributed by atoms with Crippen molar-refractivity contribution in [1.82, 2.24) is 9.97 Å². The molecule has 7 heteroatoms. The van der Waals surface area contributed by atoms with Crippen molar-refractivity contribution in [2.45, 2.75) is 44.2 Å². The van der Waals surface area contributed by atoms with Crippen LogP contribution >= 0.6 is 0 Å². The van der Waals surface area contributed by atoms with E-state index in [4.69, 9.17) is 9.47 Å². The summed E-state index contributed by atoms with van der Waals surface area (Å²) in [6.07, 6.45) is 8.89. The highest BCUT2D eigenvalue weighted by Gasteiger charge is 2.33. The van der Waals surface area contributed by atoms with Gasteiger partial charge in [0.05, 0.1) is 18.4 Å². The van der Waals surface area contributed by atoms with E-state index in [2.05, 4.69) is 27.5 Å². The van der Waals surface area contributed by atoms with Crippen LogP contribution in [0.5, 0.6) is 5.75 Å². The van der Waals surface area contributed by atoms with Crippen LogP contribution in [0, 0.1) is 5.82 Å². The van der Waals surface area contributed by atoms with Crippen LogP contribution in [-0.2, 0) is 4.74 Å². The fraction of sp³-hybridized carbons (Fsp3) is 0.429. The topological polar surface area (TPSA) is 68.3 Å². The highest BCUT2D eigenvalue weighted by atomic mass is 19.1. The van der Waals surface area contributed by atoms with Gasteiger partial charge in [0.15, 0.2) is 11.6 Å². The smallest absolute Gasteiger partial charge is 0.229 e. The van der Waals surface area contributed by atoms with Crippen molar-refractivity contribution in [2.24, 2.45) is 0 Å². The molecular formula is C21H25FN4O2. The Balaban J connectivity index is 1.63. The van der Waals surface area contributed by atoms with Gasteiger partial charge in [-0.3, -0.25) is 0 Å². The van der Waals surface area contributed by atoms with Crippen molar-refractivity contribution in [1.29, 1.82) is 0 Å². The van der Waals surface area contributed by atoms with Crippen molar-refractivity contribution in [3.8, 4) is 5.75 Å². The lowest BCUT2D eigenvalue weighted by molar-refractivity contribution is -0.0454. The first-order valence-corrected chi connectivity index (χ1v) is 9.68. The second kappa shape index (κ2) is 8.14. The molecule has 1 aromatic carbocycles. The molecule has 2 heterocycles. The fourth-order valence-electron chi connectivity index (χ4n) is 3.75. The van der Waals surface area contributed by atoms with Crippen molar-refractivity contribution in [3.63, 3.8) is 0 Å². The third kappa shape index (κ3) is 4.59. The number of hydrogen-bond acceptors (Lipinski definition) is 6. The number of halogens is 1. The third-order valence-corrected chi connectivity index (χ3v) is 5.15. The minimum atomic E-state index is -0.461. The molecule has 0 radical (unpaired) electrons. The van der Waals surface area contributed by atoms with E-state index in [0.717, 1.165) is 37.1 Å². The first kappa shape index (κ1) is 18.7. The number of ether oxygens (including phenoxy) is 2. The number of nitrogens with zero attached hydrogens (tertiary/aromatic N) is 2. The molecule has 28 heavy (non-hydrogen) atoms. The third-order valence-electron chi connectivity index (χ3n) is 5.15. The molecule has 0 amide bonds. The zero-order valence-electron chi connectivity index (χ0n) is 16.0. The van der Waals surface area contributed by atoms with E-state index in [0.29, 0.717) is 19.2 Å². The summed E-state index contributed by atoms with van der Waals surface area (Å²) in [5.41, 5.74) is 0.531. The Bertz CT molecular complexity index is 860. The molecule has 1 aromatic heterocycles. The quantitative estimate of drug-likeness (QED) is 0.655. The van der Waals surface area contributed by atoms with Gasteiger partial charge in [-0.25, -0.2) is 9.37 Å². The molecule has 0 spiro atoms. The van der Waals surface area contributed by atoms with Crippen molar-refractivity contribution in [2.75, 3.05) is 23.8 Å². The Morgan fingerprint density at radius 1 is 1.25 bits per heavy atom. The van der Waals surface area contributed by atoms with Gasteiger partial charge in [0.2, 0.25) is 5.95 Å². The van der Waals surface area contributed by atoms with Crippen molar-refractivity contribution < 1.29 is 13.9 Å². The van der Waals surface area contributed by atoms with Crippen LogP contribution < -0.4 is 15.4 Å². The van der Waals surface area contributed by atoms with Gasteiger partial charge in [0, 0.05) is 17.8 Å². The van der Waals surface area contributed by atoms with Gasteiger partial charge >= 0.3 is 0 Å². The Morgan fingerprint density at radius 3 is 3.07 bits per heavy atom. The summed E-state index contributed by atoms with van der Waals surface area (Å²) in [7, 11) is 0. The molecular weight excluding hydrogens is 359 g/mol. The second-order valence-corrected chi connectivity index (χ2v) is 7.52. The molecule has 1 saturated carbocycles. The fourth-order valence-corrected chi connectivity index (χ4v) is 3.75. The molecule has 148 valence electrons. The largest absolute Gasteiger partial charge is 0.489 e. The molecule has 2 aliphatic rings. The minimum Gasteiger partial charge on any atom is -0.489 e. The predicted octanol–water partition coefficient (Wildman–Crippen LogP) is 4.44. The number of benzene rings is 1. The number of hydrogen-bond donors (Lipinski definition) is 2. The van der Waals surface area contributed by atoms with Gasteiger partial charge in [-0.05, 0) is 50.8 Å². The zero-order chi connectivity index (χ0) is 19.4. The molecule has 2 unspecified atom stereocenters. The number of aromatic nitrogens is 2. The van der Waals surface area contributed by atoms with Crippen LogP contribution in [0.4, 0.5) is 21.8 Å². The van der Waals surface area contributed by atoms with E-state index in [-0.39, 0.29) is 17.5 Å². The van der Waals surface area contributed by atoms with Crippen LogP contribution in [0.15, 0.2) is 42.6 Å². The van der Waals surface area contributed by atoms with Crippen LogP contribution in [-0.4, -0.2) is 34.8 Å². The summed E-state index contributed by atoms with van der Waals surface area (Å²) in [5.74, 6) is 0.809. The summed E-state index contributed by atoms with van der Waals surface area (Å²) in [5, 5.41) is 6.37. The molecule has 2 aromatic rings. The van der Waals surface area contributed by atoms with E-state index in [1.165, 1.54) is 6.20 Å². The van der Waals surface area contributed by atoms with Crippen LogP contribution in [0.1, 0.15) is 32.6 Å². The first-order chi connectivity index (χ1) is 13.6. The summed E-state index contributed by atoms with van der Waals surface area (Å²) in [6, 6.07) is 7.60. The van der Waals surface area contributed by atoms with Crippen molar-refractivity contribution >= 4 is 17.5 Å². The molecule has 6 nitrogen and oxygen atoms in total. The average molecular weight is 384 g/mol. The highest BCUT2D eigenvalue weighted by molar-refractivity contribution is 5.57. The predicted molar refractivity (Wildman–Crippen MR) is 107 cm³/mol. The molecule has 4 rings (SSSR count). The molecule has 2 atom stereocenters. The van der Waals surface area contributed by atoms with Crippen LogP contribution in [0.3, 0.4) is 0 Å². The molecule has 1 aliphatic heterocycles. The Labute approximate surface area is 164 Å². The summed E-state index contributed by atoms with van der Waals surface area (Å²) in [6.45, 7) is 3.11. The lowest BCUT2D eigenvalue weighted by Gasteiger charge is -2.38. The number of nitrogens with one attached hydrogen (secondary N) is 2. The van der Waals surface area contributed by atoms with Gasteiger partial charge in [-0.2, -0.15) is 4.98 Å². The SMILES string of the molecule is CC12CCCC(C1)Nc1nc(ncc1F)Nc1cccc(c1)OCC=CCO2. The minimum absolute atomic E-state index is 0.0994. The van der Waals surface area contributed by atoms with Crippen LogP contribution in [0.25, 0.3) is 0 Å². The number of fused-ring (bicyclic) bond motifs is 6. The summed E-state index contributed by atoms with van der Waals surface area (Å²) >= 11 is 0. The molecule has 1 aliphatic carbocycles. The van der Waals surface area contributed by atoms with E-state index >= 15 is 0 Å². The van der Waals surface area contributed by atoms with Gasteiger partial charge in [-0.15, -0.1) is 0 Å². The highest BCUT2D eigenvalue weighted by Crippen LogP contribution is 2.33. The molecule has 2 N–H and O–H groups in total. The average Bonchev–Trinajstić information content (AvgIpc) is 2.67. The monoisotopic (exact) mass is 384 g/mol. The maximum atomic E-state index is 14.3. The zero-order valence-corrected chi connectivity index (χ0v) is 16.0. The normalized spacial score (nSPS) is 25.0. The van der Waals surface area contributed by atoms with E-state index in [9.17, 15) is 4.39 Å². The van der Waals surface area contributed by atoms with Crippen LogP contribution in [0.2, 0.25) is 0 Å². The van der Waals surface area contributed by atoms with Crippen molar-refractivity contribution in [3.05, 3.63) is 48.4 Å². The second-order valence-electron chi connectivity index (χ2n) is 7.52. The lowest BCUT2D eigenvalue weighted by atomic mass is 9.83. The molecule has 0 saturated heterocycles. The molecule has 6 bridgehead atoms. The Morgan fingerprint density at radius 2 is 2.14 bits per heavy atom. The van der Waals surface area contributed by atoms with Gasteiger partial charge < -0.3 is 20.1 Å². The summed E-state index contributed by atoms with van der Waals surface area (Å²) in [4.78, 5) is 8.40. The first-order valence-electron chi connectivity index (χ1n) is 9.68. The maximum Gasteiger partial charge on any atom is 0.229 e. The van der Waals surface area contributed by atoms with Gasteiger partial charge in [0.25, 0.3) is 0 Å². The standard InChI is InChI=1S/C21H25FN4O2/c1-21-9-5-7-16(13-21)24-19-18(22)14-23-20(26-19)25-15-6-4-8-17(12-15)27-10-2-3-11-28-21/h2-4,6,8,12,14,16H,5,7,9-11,13H2,1H3,(H2,23,24,25,26). The Hall–Kier alpha value is -2.67. The lowest BCUT2D eigenvalue weighted by Crippen LogP contribution is -2.40. The summed E-state index contributed by atoms with van der Waals surface area (Å²) < 4.78 is 26.2. The Kier molecular flexibility index (Phi) is 5.43. The van der Waals surface area contributed by atoms with E-state index < -0.39 is 5.82 Å². The van der Waals surface area contributed by atoms with E-state index in [1.54, 1.807) is 0 Å². The van der Waals surface area contributed by atoms with Gasteiger partial charge in [0.1, 0.15) is 12.4 Å².